The minimum Gasteiger partial charge on any atom is -0.303 e. The molecule has 0 aromatic carbocycles. The van der Waals surface area contributed by atoms with Crippen LogP contribution in [-0.2, 0) is 0 Å². The number of thiazole rings is 1. The quantitative estimate of drug-likeness (QED) is 0.674. The third-order valence-corrected chi connectivity index (χ3v) is 5.08. The fourth-order valence-corrected chi connectivity index (χ4v) is 4.20. The lowest BCUT2D eigenvalue weighted by Crippen LogP contribution is -2.24. The molecule has 2 aromatic heterocycles. The summed E-state index contributed by atoms with van der Waals surface area (Å²) in [4.78, 5) is 9.36. The number of rotatable bonds is 6. The largest absolute Gasteiger partial charge is 0.303 e. The van der Waals surface area contributed by atoms with Gasteiger partial charge in [-0.25, -0.2) is 4.98 Å². The standard InChI is InChI=1S/C15H19Br2N3S/c1-4-5-18-14(13-11(17)6-10(16)7-19-13)15-20-12(8-21-15)9(2)3/h6-9,14,18H,4-5H2,1-3H3. The van der Waals surface area contributed by atoms with Gasteiger partial charge in [-0.3, -0.25) is 4.98 Å². The monoisotopic (exact) mass is 431 g/mol. The minimum absolute atomic E-state index is 0.0323. The molecule has 0 aliphatic heterocycles. The summed E-state index contributed by atoms with van der Waals surface area (Å²) < 4.78 is 1.96. The Morgan fingerprint density at radius 2 is 2.10 bits per heavy atom. The zero-order chi connectivity index (χ0) is 15.4. The molecule has 0 saturated carbocycles. The molecule has 21 heavy (non-hydrogen) atoms. The van der Waals surface area contributed by atoms with Crippen molar-refractivity contribution in [3.05, 3.63) is 43.0 Å². The molecule has 2 rings (SSSR count). The molecule has 0 spiro atoms. The second-order valence-corrected chi connectivity index (χ2v) is 7.83. The summed E-state index contributed by atoms with van der Waals surface area (Å²) in [6, 6.07) is 2.06. The lowest BCUT2D eigenvalue weighted by molar-refractivity contribution is 0.579. The first-order valence-corrected chi connectivity index (χ1v) is 9.49. The van der Waals surface area contributed by atoms with E-state index in [-0.39, 0.29) is 6.04 Å². The Morgan fingerprint density at radius 1 is 1.33 bits per heavy atom. The van der Waals surface area contributed by atoms with Crippen LogP contribution in [0.1, 0.15) is 55.5 Å². The Bertz CT molecular complexity index is 598. The van der Waals surface area contributed by atoms with Crippen LogP contribution in [0.25, 0.3) is 0 Å². The number of pyridine rings is 1. The van der Waals surface area contributed by atoms with E-state index in [1.807, 2.05) is 12.3 Å². The van der Waals surface area contributed by atoms with Crippen molar-refractivity contribution in [1.82, 2.24) is 15.3 Å². The normalized spacial score (nSPS) is 12.9. The SMILES string of the molecule is CCCNC(c1nc(C(C)C)cs1)c1ncc(Br)cc1Br. The van der Waals surface area contributed by atoms with Gasteiger partial charge in [0, 0.05) is 20.5 Å². The summed E-state index contributed by atoms with van der Waals surface area (Å²) in [5, 5.41) is 6.77. The van der Waals surface area contributed by atoms with Crippen LogP contribution >= 0.6 is 43.2 Å². The summed E-state index contributed by atoms with van der Waals surface area (Å²) in [6.07, 6.45) is 2.91. The van der Waals surface area contributed by atoms with Gasteiger partial charge in [0.2, 0.25) is 0 Å². The van der Waals surface area contributed by atoms with E-state index in [2.05, 4.69) is 68.3 Å². The Labute approximate surface area is 146 Å². The van der Waals surface area contributed by atoms with E-state index in [4.69, 9.17) is 4.98 Å². The predicted molar refractivity (Wildman–Crippen MR) is 96.0 cm³/mol. The molecule has 0 radical (unpaired) electrons. The van der Waals surface area contributed by atoms with Crippen LogP contribution in [0.2, 0.25) is 0 Å². The Hall–Kier alpha value is -0.300. The van der Waals surface area contributed by atoms with Gasteiger partial charge in [-0.15, -0.1) is 11.3 Å². The van der Waals surface area contributed by atoms with Gasteiger partial charge in [-0.05, 0) is 56.8 Å². The van der Waals surface area contributed by atoms with E-state index in [1.165, 1.54) is 0 Å². The molecule has 1 N–H and O–H groups in total. The number of nitrogens with zero attached hydrogens (tertiary/aromatic N) is 2. The van der Waals surface area contributed by atoms with Crippen molar-refractivity contribution in [2.24, 2.45) is 0 Å². The van der Waals surface area contributed by atoms with E-state index >= 15 is 0 Å². The van der Waals surface area contributed by atoms with E-state index in [9.17, 15) is 0 Å². The molecule has 0 saturated heterocycles. The molecule has 1 atom stereocenters. The third-order valence-electron chi connectivity index (χ3n) is 3.09. The number of nitrogens with one attached hydrogen (secondary N) is 1. The van der Waals surface area contributed by atoms with Crippen molar-refractivity contribution in [1.29, 1.82) is 0 Å². The van der Waals surface area contributed by atoms with E-state index in [0.717, 1.165) is 38.3 Å². The average Bonchev–Trinajstić information content (AvgIpc) is 2.91. The van der Waals surface area contributed by atoms with E-state index < -0.39 is 0 Å². The zero-order valence-corrected chi connectivity index (χ0v) is 16.3. The van der Waals surface area contributed by atoms with Crippen LogP contribution in [0.4, 0.5) is 0 Å². The highest BCUT2D eigenvalue weighted by molar-refractivity contribution is 9.11. The molecule has 0 aliphatic rings. The second kappa shape index (κ2) is 7.81. The predicted octanol–water partition coefficient (Wildman–Crippen LogP) is 5.28. The number of aromatic nitrogens is 2. The van der Waals surface area contributed by atoms with Gasteiger partial charge in [0.1, 0.15) is 11.0 Å². The molecule has 6 heteroatoms. The first-order valence-electron chi connectivity index (χ1n) is 7.02. The van der Waals surface area contributed by atoms with Gasteiger partial charge in [0.15, 0.2) is 0 Å². The van der Waals surface area contributed by atoms with Gasteiger partial charge in [0.05, 0.1) is 11.4 Å². The number of hydrogen-bond donors (Lipinski definition) is 1. The van der Waals surface area contributed by atoms with Crippen molar-refractivity contribution >= 4 is 43.2 Å². The molecule has 0 bridgehead atoms. The van der Waals surface area contributed by atoms with Crippen molar-refractivity contribution in [2.45, 2.75) is 39.2 Å². The van der Waals surface area contributed by atoms with Crippen LogP contribution in [-0.4, -0.2) is 16.5 Å². The molecule has 0 amide bonds. The van der Waals surface area contributed by atoms with E-state index in [0.29, 0.717) is 5.92 Å². The van der Waals surface area contributed by atoms with Crippen molar-refractivity contribution in [3.63, 3.8) is 0 Å². The van der Waals surface area contributed by atoms with Crippen LogP contribution in [0.3, 0.4) is 0 Å². The highest BCUT2D eigenvalue weighted by atomic mass is 79.9. The molecular weight excluding hydrogens is 414 g/mol. The Balaban J connectivity index is 2.36. The molecule has 3 nitrogen and oxygen atoms in total. The molecule has 2 aromatic rings. The minimum atomic E-state index is 0.0323. The molecule has 2 heterocycles. The summed E-state index contributed by atoms with van der Waals surface area (Å²) in [5.74, 6) is 0.447. The topological polar surface area (TPSA) is 37.8 Å². The van der Waals surface area contributed by atoms with Gasteiger partial charge < -0.3 is 5.32 Å². The first-order chi connectivity index (χ1) is 10.0. The molecule has 0 aliphatic carbocycles. The molecular formula is C15H19Br2N3S. The van der Waals surface area contributed by atoms with Gasteiger partial charge in [-0.1, -0.05) is 20.8 Å². The fraction of sp³-hybridized carbons (Fsp3) is 0.467. The molecule has 0 fully saturated rings. The maximum atomic E-state index is 4.79. The van der Waals surface area contributed by atoms with Crippen LogP contribution in [0, 0.1) is 0 Å². The maximum Gasteiger partial charge on any atom is 0.116 e. The third kappa shape index (κ3) is 4.34. The lowest BCUT2D eigenvalue weighted by Gasteiger charge is -2.17. The first kappa shape index (κ1) is 17.1. The summed E-state index contributed by atoms with van der Waals surface area (Å²) in [5.41, 5.74) is 2.13. The molecule has 1 unspecified atom stereocenters. The number of hydrogen-bond acceptors (Lipinski definition) is 4. The van der Waals surface area contributed by atoms with Gasteiger partial charge in [-0.2, -0.15) is 0 Å². The highest BCUT2D eigenvalue weighted by Crippen LogP contribution is 2.31. The fourth-order valence-electron chi connectivity index (χ4n) is 1.93. The smallest absolute Gasteiger partial charge is 0.116 e. The van der Waals surface area contributed by atoms with E-state index in [1.54, 1.807) is 11.3 Å². The van der Waals surface area contributed by atoms with Gasteiger partial charge >= 0.3 is 0 Å². The summed E-state index contributed by atoms with van der Waals surface area (Å²) in [6.45, 7) is 7.43. The summed E-state index contributed by atoms with van der Waals surface area (Å²) >= 11 is 8.77. The molecule has 114 valence electrons. The van der Waals surface area contributed by atoms with Gasteiger partial charge in [0.25, 0.3) is 0 Å². The van der Waals surface area contributed by atoms with Crippen molar-refractivity contribution < 1.29 is 0 Å². The van der Waals surface area contributed by atoms with Crippen molar-refractivity contribution in [3.8, 4) is 0 Å². The maximum absolute atomic E-state index is 4.79. The van der Waals surface area contributed by atoms with Crippen LogP contribution in [0.5, 0.6) is 0 Å². The second-order valence-electron chi connectivity index (χ2n) is 5.17. The number of halogens is 2. The summed E-state index contributed by atoms with van der Waals surface area (Å²) in [7, 11) is 0. The average molecular weight is 433 g/mol. The zero-order valence-electron chi connectivity index (χ0n) is 12.4. The highest BCUT2D eigenvalue weighted by Gasteiger charge is 2.21. The van der Waals surface area contributed by atoms with Crippen LogP contribution in [0.15, 0.2) is 26.6 Å². The Morgan fingerprint density at radius 3 is 2.67 bits per heavy atom. The lowest BCUT2D eigenvalue weighted by atomic mass is 10.1. The Kier molecular flexibility index (Phi) is 6.34. The van der Waals surface area contributed by atoms with Crippen molar-refractivity contribution in [2.75, 3.05) is 6.54 Å². The van der Waals surface area contributed by atoms with Crippen LogP contribution < -0.4 is 5.32 Å².